The maximum absolute atomic E-state index is 13.0. The van der Waals surface area contributed by atoms with Crippen LogP contribution in [0.2, 0.25) is 0 Å². The summed E-state index contributed by atoms with van der Waals surface area (Å²) in [6.45, 7) is 1.28. The summed E-state index contributed by atoms with van der Waals surface area (Å²) in [6, 6.07) is 5.67. The fourth-order valence-electron chi connectivity index (χ4n) is 4.73. The lowest BCUT2D eigenvalue weighted by Crippen LogP contribution is -2.54. The van der Waals surface area contributed by atoms with E-state index in [0.29, 0.717) is 37.9 Å². The monoisotopic (exact) mass is 342 g/mol. The Morgan fingerprint density at radius 2 is 2.08 bits per heavy atom. The summed E-state index contributed by atoms with van der Waals surface area (Å²) >= 11 is 0. The molecule has 0 radical (unpaired) electrons. The van der Waals surface area contributed by atoms with Crippen molar-refractivity contribution in [2.75, 3.05) is 25.0 Å². The number of benzene rings is 1. The Kier molecular flexibility index (Phi) is 4.07. The Hall–Kier alpha value is -1.88. The maximum Gasteiger partial charge on any atom is 0.253 e. The first-order chi connectivity index (χ1) is 12.0. The second-order valence-electron chi connectivity index (χ2n) is 7.84. The molecule has 1 aromatic rings. The van der Waals surface area contributed by atoms with Crippen LogP contribution in [0.25, 0.3) is 0 Å². The first kappa shape index (κ1) is 16.6. The molecule has 3 aliphatic rings. The van der Waals surface area contributed by atoms with Crippen molar-refractivity contribution in [1.82, 2.24) is 4.90 Å². The molecule has 2 aliphatic heterocycles. The normalized spacial score (nSPS) is 29.2. The van der Waals surface area contributed by atoms with Crippen LogP contribution in [-0.2, 0) is 11.2 Å². The number of likely N-dealkylation sites (tertiary alicyclic amines) is 1. The van der Waals surface area contributed by atoms with E-state index in [2.05, 4.69) is 0 Å². The molecule has 0 aromatic heterocycles. The van der Waals surface area contributed by atoms with Crippen molar-refractivity contribution in [2.45, 2.75) is 50.5 Å². The van der Waals surface area contributed by atoms with Gasteiger partial charge in [-0.15, -0.1) is 0 Å². The molecule has 1 saturated carbocycles. The van der Waals surface area contributed by atoms with Gasteiger partial charge >= 0.3 is 0 Å². The van der Waals surface area contributed by atoms with E-state index in [0.717, 1.165) is 36.9 Å². The fraction of sp³-hybridized carbons (Fsp3) is 0.600. The molecule has 25 heavy (non-hydrogen) atoms. The molecular formula is C20H26N2O3. The largest absolute Gasteiger partial charge is 0.389 e. The number of aryl methyl sites for hydroxylation is 1. The van der Waals surface area contributed by atoms with Crippen LogP contribution in [0.3, 0.4) is 0 Å². The minimum Gasteiger partial charge on any atom is -0.389 e. The number of piperidine rings is 1. The number of carbonyl (C=O) groups is 2. The van der Waals surface area contributed by atoms with Crippen molar-refractivity contribution >= 4 is 17.5 Å². The number of rotatable bonds is 1. The third-order valence-corrected chi connectivity index (χ3v) is 6.38. The molecule has 5 nitrogen and oxygen atoms in total. The first-order valence-electron chi connectivity index (χ1n) is 9.39. The van der Waals surface area contributed by atoms with Gasteiger partial charge in [-0.05, 0) is 49.4 Å². The molecule has 134 valence electrons. The van der Waals surface area contributed by atoms with Gasteiger partial charge in [0.1, 0.15) is 0 Å². The van der Waals surface area contributed by atoms with Crippen LogP contribution in [-0.4, -0.2) is 47.6 Å². The predicted molar refractivity (Wildman–Crippen MR) is 95.6 cm³/mol. The quantitative estimate of drug-likeness (QED) is 0.852. The van der Waals surface area contributed by atoms with Crippen LogP contribution in [0, 0.1) is 5.92 Å². The minimum atomic E-state index is -0.562. The summed E-state index contributed by atoms with van der Waals surface area (Å²) < 4.78 is 0. The molecule has 0 spiro atoms. The van der Waals surface area contributed by atoms with Crippen molar-refractivity contribution < 1.29 is 14.7 Å². The van der Waals surface area contributed by atoms with Gasteiger partial charge in [0, 0.05) is 43.7 Å². The highest BCUT2D eigenvalue weighted by molar-refractivity contribution is 5.99. The van der Waals surface area contributed by atoms with Crippen molar-refractivity contribution in [3.05, 3.63) is 29.3 Å². The number of carbonyl (C=O) groups excluding carboxylic acids is 2. The van der Waals surface area contributed by atoms with Crippen LogP contribution in [0.1, 0.15) is 54.4 Å². The van der Waals surface area contributed by atoms with E-state index in [1.54, 1.807) is 11.9 Å². The Bertz CT molecular complexity index is 717. The van der Waals surface area contributed by atoms with E-state index in [-0.39, 0.29) is 17.7 Å². The first-order valence-corrected chi connectivity index (χ1v) is 9.39. The molecule has 1 N–H and O–H groups in total. The summed E-state index contributed by atoms with van der Waals surface area (Å²) in [7, 11) is 1.79. The highest BCUT2D eigenvalue weighted by Crippen LogP contribution is 2.40. The molecule has 2 fully saturated rings. The lowest BCUT2D eigenvalue weighted by Gasteiger charge is -2.47. The molecule has 0 bridgehead atoms. The molecular weight excluding hydrogens is 316 g/mol. The number of nitrogens with zero attached hydrogens (tertiary/aromatic N) is 2. The van der Waals surface area contributed by atoms with E-state index in [1.807, 2.05) is 23.1 Å². The molecule has 1 saturated heterocycles. The zero-order valence-corrected chi connectivity index (χ0v) is 14.8. The van der Waals surface area contributed by atoms with Gasteiger partial charge < -0.3 is 14.9 Å². The number of hydrogen-bond donors (Lipinski definition) is 1. The number of aliphatic hydroxyl groups is 1. The highest BCUT2D eigenvalue weighted by Gasteiger charge is 2.43. The molecule has 4 rings (SSSR count). The Labute approximate surface area is 148 Å². The average molecular weight is 342 g/mol. The summed E-state index contributed by atoms with van der Waals surface area (Å²) in [5.41, 5.74) is 2.11. The molecule has 2 atom stereocenters. The fourth-order valence-corrected chi connectivity index (χ4v) is 4.73. The van der Waals surface area contributed by atoms with Gasteiger partial charge in [0.2, 0.25) is 5.91 Å². The van der Waals surface area contributed by atoms with Gasteiger partial charge in [0.05, 0.1) is 5.60 Å². The Balaban J connectivity index is 1.53. The lowest BCUT2D eigenvalue weighted by atomic mass is 9.71. The predicted octanol–water partition coefficient (Wildman–Crippen LogP) is 2.36. The summed E-state index contributed by atoms with van der Waals surface area (Å²) in [4.78, 5) is 28.4. The zero-order chi connectivity index (χ0) is 17.6. The van der Waals surface area contributed by atoms with E-state index in [4.69, 9.17) is 0 Å². The van der Waals surface area contributed by atoms with Crippen LogP contribution in [0.15, 0.2) is 18.2 Å². The SMILES string of the molecule is CN1C(=O)CCc2cc(C(=O)N3CCC4(O)CCCCC4C3)ccc21. The number of amides is 2. The molecule has 1 aliphatic carbocycles. The second kappa shape index (κ2) is 6.13. The second-order valence-corrected chi connectivity index (χ2v) is 7.84. The molecule has 2 heterocycles. The van der Waals surface area contributed by atoms with Crippen molar-refractivity contribution in [2.24, 2.45) is 5.92 Å². The average Bonchev–Trinajstić information content (AvgIpc) is 2.63. The molecule has 2 amide bonds. The van der Waals surface area contributed by atoms with Crippen LogP contribution < -0.4 is 4.90 Å². The van der Waals surface area contributed by atoms with E-state index >= 15 is 0 Å². The maximum atomic E-state index is 13.0. The molecule has 5 heteroatoms. The van der Waals surface area contributed by atoms with Gasteiger partial charge in [-0.25, -0.2) is 0 Å². The summed E-state index contributed by atoms with van der Waals surface area (Å²) in [5, 5.41) is 10.8. The number of fused-ring (bicyclic) bond motifs is 2. The van der Waals surface area contributed by atoms with Crippen molar-refractivity contribution in [3.8, 4) is 0 Å². The third kappa shape index (κ3) is 2.84. The van der Waals surface area contributed by atoms with Crippen LogP contribution in [0.5, 0.6) is 0 Å². The standard InChI is InChI=1S/C20H26N2O3/c1-21-17-7-5-15(12-14(17)6-8-18(21)23)19(24)22-11-10-20(25)9-3-2-4-16(20)13-22/h5,7,12,16,25H,2-4,6,8-11,13H2,1H3. The van der Waals surface area contributed by atoms with E-state index < -0.39 is 5.60 Å². The highest BCUT2D eigenvalue weighted by atomic mass is 16.3. The summed E-state index contributed by atoms with van der Waals surface area (Å²) in [5.74, 6) is 0.384. The van der Waals surface area contributed by atoms with Crippen LogP contribution in [0.4, 0.5) is 5.69 Å². The van der Waals surface area contributed by atoms with E-state index in [9.17, 15) is 14.7 Å². The Morgan fingerprint density at radius 3 is 2.92 bits per heavy atom. The molecule has 2 unspecified atom stereocenters. The van der Waals surface area contributed by atoms with Crippen molar-refractivity contribution in [1.29, 1.82) is 0 Å². The lowest BCUT2D eigenvalue weighted by molar-refractivity contribution is -0.118. The van der Waals surface area contributed by atoms with E-state index in [1.165, 1.54) is 0 Å². The van der Waals surface area contributed by atoms with Crippen LogP contribution >= 0.6 is 0 Å². The smallest absolute Gasteiger partial charge is 0.253 e. The number of hydrogen-bond acceptors (Lipinski definition) is 3. The topological polar surface area (TPSA) is 60.9 Å². The Morgan fingerprint density at radius 1 is 1.24 bits per heavy atom. The van der Waals surface area contributed by atoms with Gasteiger partial charge in [-0.2, -0.15) is 0 Å². The van der Waals surface area contributed by atoms with Crippen molar-refractivity contribution in [3.63, 3.8) is 0 Å². The minimum absolute atomic E-state index is 0.0509. The third-order valence-electron chi connectivity index (χ3n) is 6.38. The number of anilines is 1. The summed E-state index contributed by atoms with van der Waals surface area (Å²) in [6.07, 6.45) is 6.01. The molecule has 1 aromatic carbocycles. The van der Waals surface area contributed by atoms with Gasteiger partial charge in [0.15, 0.2) is 0 Å². The zero-order valence-electron chi connectivity index (χ0n) is 14.8. The van der Waals surface area contributed by atoms with Gasteiger partial charge in [-0.3, -0.25) is 9.59 Å². The van der Waals surface area contributed by atoms with Gasteiger partial charge in [0.25, 0.3) is 5.91 Å². The van der Waals surface area contributed by atoms with Gasteiger partial charge in [-0.1, -0.05) is 12.8 Å².